The summed E-state index contributed by atoms with van der Waals surface area (Å²) in [5.41, 5.74) is 1.87. The largest absolute Gasteiger partial charge is 0.300 e. The number of rotatable bonds is 3. The molecule has 134 valence electrons. The van der Waals surface area contributed by atoms with Crippen LogP contribution in [0.5, 0.6) is 0 Å². The molecule has 0 aromatic heterocycles. The fourth-order valence-electron chi connectivity index (χ4n) is 2.86. The third kappa shape index (κ3) is 3.28. The standard InChI is InChI=1S/C16H12F4O3S2/c17-11-13(19)16(25(21,22)23)14(20)12(18)15(11)24-10-7-3-5-8-4-1-2-6-9(8)10/h3,5,7H,1-2,4,6H2,(H,21,22,23). The van der Waals surface area contributed by atoms with Crippen molar-refractivity contribution < 1.29 is 30.5 Å². The van der Waals surface area contributed by atoms with Gasteiger partial charge in [-0.1, -0.05) is 23.9 Å². The van der Waals surface area contributed by atoms with Gasteiger partial charge >= 0.3 is 10.1 Å². The average Bonchev–Trinajstić information content (AvgIpc) is 2.56. The Bertz CT molecular complexity index is 929. The Hall–Kier alpha value is -1.58. The lowest BCUT2D eigenvalue weighted by molar-refractivity contribution is 0.384. The van der Waals surface area contributed by atoms with Crippen molar-refractivity contribution >= 4 is 21.9 Å². The van der Waals surface area contributed by atoms with E-state index in [1.54, 1.807) is 12.1 Å². The highest BCUT2D eigenvalue weighted by atomic mass is 32.2. The van der Waals surface area contributed by atoms with Crippen LogP contribution in [0.2, 0.25) is 0 Å². The molecule has 2 aromatic rings. The molecule has 0 bridgehead atoms. The van der Waals surface area contributed by atoms with Gasteiger partial charge in [-0.15, -0.1) is 0 Å². The Labute approximate surface area is 145 Å². The molecule has 0 saturated carbocycles. The van der Waals surface area contributed by atoms with Crippen LogP contribution in [0.3, 0.4) is 0 Å². The van der Waals surface area contributed by atoms with Crippen molar-refractivity contribution in [1.29, 1.82) is 0 Å². The number of hydrogen-bond acceptors (Lipinski definition) is 3. The fourth-order valence-corrected chi connectivity index (χ4v) is 4.57. The van der Waals surface area contributed by atoms with Gasteiger partial charge in [0.2, 0.25) is 0 Å². The maximum atomic E-state index is 14.2. The summed E-state index contributed by atoms with van der Waals surface area (Å²) in [6, 6.07) is 5.15. The number of benzene rings is 2. The van der Waals surface area contributed by atoms with Crippen molar-refractivity contribution in [3.8, 4) is 0 Å². The molecule has 1 N–H and O–H groups in total. The topological polar surface area (TPSA) is 54.4 Å². The summed E-state index contributed by atoms with van der Waals surface area (Å²) < 4.78 is 86.9. The Morgan fingerprint density at radius 2 is 1.52 bits per heavy atom. The molecular formula is C16H12F4O3S2. The molecule has 3 rings (SSSR count). The van der Waals surface area contributed by atoms with Gasteiger partial charge in [-0.2, -0.15) is 8.42 Å². The van der Waals surface area contributed by atoms with Crippen LogP contribution in [0, 0.1) is 23.3 Å². The van der Waals surface area contributed by atoms with Gasteiger partial charge in [-0.3, -0.25) is 4.55 Å². The van der Waals surface area contributed by atoms with E-state index in [1.807, 2.05) is 6.07 Å². The van der Waals surface area contributed by atoms with Crippen LogP contribution in [0.15, 0.2) is 32.9 Å². The SMILES string of the molecule is O=S(=O)(O)c1c(F)c(F)c(Sc2cccc3c2CCCC3)c(F)c1F. The number of aryl methyl sites for hydroxylation is 1. The van der Waals surface area contributed by atoms with E-state index < -0.39 is 43.2 Å². The molecule has 0 aliphatic heterocycles. The Kier molecular flexibility index (Phi) is 4.82. The summed E-state index contributed by atoms with van der Waals surface area (Å²) in [5.74, 6) is -8.00. The number of fused-ring (bicyclic) bond motifs is 1. The van der Waals surface area contributed by atoms with E-state index in [1.165, 1.54) is 0 Å². The highest BCUT2D eigenvalue weighted by molar-refractivity contribution is 7.99. The second kappa shape index (κ2) is 6.62. The highest BCUT2D eigenvalue weighted by Crippen LogP contribution is 2.40. The van der Waals surface area contributed by atoms with E-state index >= 15 is 0 Å². The summed E-state index contributed by atoms with van der Waals surface area (Å²) in [4.78, 5) is -2.56. The predicted octanol–water partition coefficient (Wildman–Crippen LogP) is 4.52. The third-order valence-corrected chi connectivity index (χ3v) is 6.05. The predicted molar refractivity (Wildman–Crippen MR) is 83.3 cm³/mol. The summed E-state index contributed by atoms with van der Waals surface area (Å²) in [6.45, 7) is 0. The fraction of sp³-hybridized carbons (Fsp3) is 0.250. The first-order chi connectivity index (χ1) is 11.7. The molecule has 0 fully saturated rings. The summed E-state index contributed by atoms with van der Waals surface area (Å²) in [6.07, 6.45) is 3.35. The number of hydrogen-bond donors (Lipinski definition) is 1. The second-order valence-corrected chi connectivity index (χ2v) is 8.00. The van der Waals surface area contributed by atoms with E-state index in [0.29, 0.717) is 23.1 Å². The minimum absolute atomic E-state index is 0.452. The van der Waals surface area contributed by atoms with Crippen molar-refractivity contribution in [2.75, 3.05) is 0 Å². The van der Waals surface area contributed by atoms with Crippen molar-refractivity contribution in [2.24, 2.45) is 0 Å². The van der Waals surface area contributed by atoms with Crippen LogP contribution >= 0.6 is 11.8 Å². The van der Waals surface area contributed by atoms with E-state index in [2.05, 4.69) is 0 Å². The lowest BCUT2D eigenvalue weighted by Gasteiger charge is -2.19. The van der Waals surface area contributed by atoms with Crippen molar-refractivity contribution in [3.05, 3.63) is 52.6 Å². The van der Waals surface area contributed by atoms with Gasteiger partial charge in [-0.05, 0) is 42.9 Å². The maximum absolute atomic E-state index is 14.2. The zero-order chi connectivity index (χ0) is 18.4. The van der Waals surface area contributed by atoms with Gasteiger partial charge in [0, 0.05) is 4.90 Å². The molecule has 3 nitrogen and oxygen atoms in total. The molecule has 0 unspecified atom stereocenters. The first kappa shape index (κ1) is 18.2. The Balaban J connectivity index is 2.14. The zero-order valence-electron chi connectivity index (χ0n) is 12.7. The van der Waals surface area contributed by atoms with Gasteiger partial charge < -0.3 is 0 Å². The zero-order valence-corrected chi connectivity index (χ0v) is 14.3. The molecule has 0 atom stereocenters. The quantitative estimate of drug-likeness (QED) is 0.474. The summed E-state index contributed by atoms with van der Waals surface area (Å²) in [5, 5.41) is 0. The normalized spacial score (nSPS) is 14.4. The molecule has 0 radical (unpaired) electrons. The third-order valence-electron chi connectivity index (χ3n) is 4.01. The summed E-state index contributed by atoms with van der Waals surface area (Å²) >= 11 is 0.497. The molecule has 0 heterocycles. The van der Waals surface area contributed by atoms with Gasteiger partial charge in [-0.25, -0.2) is 17.6 Å². The lowest BCUT2D eigenvalue weighted by atomic mass is 9.92. The molecule has 9 heteroatoms. The smallest absolute Gasteiger partial charge is 0.282 e. The van der Waals surface area contributed by atoms with Crippen molar-refractivity contribution in [3.63, 3.8) is 0 Å². The highest BCUT2D eigenvalue weighted by Gasteiger charge is 2.32. The Morgan fingerprint density at radius 3 is 2.12 bits per heavy atom. The lowest BCUT2D eigenvalue weighted by Crippen LogP contribution is -2.11. The average molecular weight is 392 g/mol. The minimum atomic E-state index is -5.45. The first-order valence-corrected chi connectivity index (χ1v) is 9.59. The molecule has 25 heavy (non-hydrogen) atoms. The first-order valence-electron chi connectivity index (χ1n) is 7.34. The van der Waals surface area contributed by atoms with E-state index in [4.69, 9.17) is 4.55 Å². The van der Waals surface area contributed by atoms with E-state index in [-0.39, 0.29) is 0 Å². The van der Waals surface area contributed by atoms with Gasteiger partial charge in [0.25, 0.3) is 0 Å². The summed E-state index contributed by atoms with van der Waals surface area (Å²) in [7, 11) is -5.45. The van der Waals surface area contributed by atoms with Crippen LogP contribution in [0.25, 0.3) is 0 Å². The second-order valence-electron chi connectivity index (χ2n) is 5.59. The molecule has 0 saturated heterocycles. The molecular weight excluding hydrogens is 380 g/mol. The van der Waals surface area contributed by atoms with Crippen LogP contribution < -0.4 is 0 Å². The van der Waals surface area contributed by atoms with Gasteiger partial charge in [0.05, 0.1) is 4.90 Å². The molecule has 2 aromatic carbocycles. The number of halogens is 4. The molecule has 1 aliphatic rings. The van der Waals surface area contributed by atoms with Crippen LogP contribution in [0.1, 0.15) is 24.0 Å². The van der Waals surface area contributed by atoms with E-state index in [0.717, 1.165) is 30.4 Å². The van der Waals surface area contributed by atoms with Crippen LogP contribution in [-0.4, -0.2) is 13.0 Å². The van der Waals surface area contributed by atoms with Crippen LogP contribution in [-0.2, 0) is 23.0 Å². The van der Waals surface area contributed by atoms with Gasteiger partial charge in [0.1, 0.15) is 0 Å². The molecule has 1 aliphatic carbocycles. The Morgan fingerprint density at radius 1 is 0.920 bits per heavy atom. The van der Waals surface area contributed by atoms with E-state index in [9.17, 15) is 26.0 Å². The van der Waals surface area contributed by atoms with Crippen molar-refractivity contribution in [2.45, 2.75) is 40.4 Å². The van der Waals surface area contributed by atoms with Crippen LogP contribution in [0.4, 0.5) is 17.6 Å². The van der Waals surface area contributed by atoms with Gasteiger partial charge in [0.15, 0.2) is 28.2 Å². The molecule has 0 amide bonds. The molecule has 0 spiro atoms. The maximum Gasteiger partial charge on any atom is 0.300 e. The monoisotopic (exact) mass is 392 g/mol. The van der Waals surface area contributed by atoms with Crippen molar-refractivity contribution in [1.82, 2.24) is 0 Å². The minimum Gasteiger partial charge on any atom is -0.282 e.